The van der Waals surface area contributed by atoms with Crippen molar-refractivity contribution in [2.75, 3.05) is 19.5 Å². The molecule has 0 spiro atoms. The predicted octanol–water partition coefficient (Wildman–Crippen LogP) is 4.66. The Hall–Kier alpha value is -4.33. The van der Waals surface area contributed by atoms with Crippen LogP contribution in [0, 0.1) is 0 Å². The Bertz CT molecular complexity index is 1180. The van der Waals surface area contributed by atoms with Crippen LogP contribution in [0.4, 0.5) is 10.5 Å². The normalized spacial score (nSPS) is 11.4. The van der Waals surface area contributed by atoms with Gasteiger partial charge in [0.15, 0.2) is 11.5 Å². The minimum Gasteiger partial charge on any atom is -0.493 e. The molecule has 2 amide bonds. The molecule has 0 fully saturated rings. The van der Waals surface area contributed by atoms with Crippen LogP contribution in [0.1, 0.15) is 17.5 Å². The van der Waals surface area contributed by atoms with Crippen molar-refractivity contribution >= 4 is 11.7 Å². The standard InChI is InChI=1S/C24H22N4O4/c1-30-19-14-13-18(15-20(19)31-2)25-24(29)26-21(16-9-5-3-6-10-16)23-28-27-22(32-23)17-11-7-4-8-12-17/h3-15,21H,1-2H3,(H2,25,26,29). The fourth-order valence-corrected chi connectivity index (χ4v) is 3.19. The van der Waals surface area contributed by atoms with Crippen molar-refractivity contribution in [3.8, 4) is 23.0 Å². The molecule has 0 aliphatic rings. The molecule has 0 bridgehead atoms. The number of amides is 2. The molecule has 1 atom stereocenters. The minimum absolute atomic E-state index is 0.275. The molecule has 32 heavy (non-hydrogen) atoms. The van der Waals surface area contributed by atoms with Gasteiger partial charge in [0.1, 0.15) is 6.04 Å². The summed E-state index contributed by atoms with van der Waals surface area (Å²) in [6.45, 7) is 0. The average molecular weight is 430 g/mol. The van der Waals surface area contributed by atoms with Crippen LogP contribution < -0.4 is 20.1 Å². The van der Waals surface area contributed by atoms with Crippen molar-refractivity contribution in [1.82, 2.24) is 15.5 Å². The van der Waals surface area contributed by atoms with Crippen LogP contribution in [-0.2, 0) is 0 Å². The highest BCUT2D eigenvalue weighted by Crippen LogP contribution is 2.30. The van der Waals surface area contributed by atoms with Crippen molar-refractivity contribution in [2.45, 2.75) is 6.04 Å². The predicted molar refractivity (Wildman–Crippen MR) is 120 cm³/mol. The molecule has 3 aromatic carbocycles. The van der Waals surface area contributed by atoms with E-state index < -0.39 is 12.1 Å². The summed E-state index contributed by atoms with van der Waals surface area (Å²) < 4.78 is 16.4. The Balaban J connectivity index is 1.57. The van der Waals surface area contributed by atoms with E-state index in [9.17, 15) is 4.79 Å². The van der Waals surface area contributed by atoms with Crippen LogP contribution in [0.3, 0.4) is 0 Å². The molecule has 4 rings (SSSR count). The monoisotopic (exact) mass is 430 g/mol. The Morgan fingerprint density at radius 1 is 0.875 bits per heavy atom. The van der Waals surface area contributed by atoms with Gasteiger partial charge in [-0.05, 0) is 29.8 Å². The van der Waals surface area contributed by atoms with E-state index in [1.54, 1.807) is 25.3 Å². The number of carbonyl (C=O) groups is 1. The number of carbonyl (C=O) groups excluding carboxylic acids is 1. The molecule has 1 aromatic heterocycles. The summed E-state index contributed by atoms with van der Waals surface area (Å²) in [7, 11) is 3.09. The number of urea groups is 1. The molecule has 0 aliphatic heterocycles. The first-order chi connectivity index (χ1) is 15.7. The van der Waals surface area contributed by atoms with Crippen LogP contribution in [0.2, 0.25) is 0 Å². The second kappa shape index (κ2) is 9.65. The van der Waals surface area contributed by atoms with E-state index in [1.807, 2.05) is 60.7 Å². The third-order valence-electron chi connectivity index (χ3n) is 4.76. The number of methoxy groups -OCH3 is 2. The third-order valence-corrected chi connectivity index (χ3v) is 4.76. The SMILES string of the molecule is COc1ccc(NC(=O)NC(c2ccccc2)c2nnc(-c3ccccc3)o2)cc1OC. The van der Waals surface area contributed by atoms with E-state index in [2.05, 4.69) is 20.8 Å². The molecule has 2 N–H and O–H groups in total. The Morgan fingerprint density at radius 2 is 1.56 bits per heavy atom. The summed E-state index contributed by atoms with van der Waals surface area (Å²) in [5.41, 5.74) is 2.15. The Morgan fingerprint density at radius 3 is 2.25 bits per heavy atom. The van der Waals surface area contributed by atoms with E-state index >= 15 is 0 Å². The first kappa shape index (κ1) is 20.9. The molecule has 8 heteroatoms. The zero-order valence-corrected chi connectivity index (χ0v) is 17.6. The van der Waals surface area contributed by atoms with Gasteiger partial charge in [0.2, 0.25) is 11.8 Å². The molecular formula is C24H22N4O4. The van der Waals surface area contributed by atoms with Gasteiger partial charge in [0.25, 0.3) is 0 Å². The number of hydrogen-bond acceptors (Lipinski definition) is 6. The molecule has 8 nitrogen and oxygen atoms in total. The number of nitrogens with one attached hydrogen (secondary N) is 2. The van der Waals surface area contributed by atoms with Crippen LogP contribution in [0.15, 0.2) is 83.3 Å². The number of hydrogen-bond donors (Lipinski definition) is 2. The molecule has 4 aromatic rings. The van der Waals surface area contributed by atoms with E-state index in [0.29, 0.717) is 23.1 Å². The highest BCUT2D eigenvalue weighted by molar-refractivity contribution is 5.90. The number of benzene rings is 3. The quantitative estimate of drug-likeness (QED) is 0.442. The van der Waals surface area contributed by atoms with Crippen LogP contribution in [0.5, 0.6) is 11.5 Å². The number of aromatic nitrogens is 2. The maximum Gasteiger partial charge on any atom is 0.320 e. The summed E-state index contributed by atoms with van der Waals surface area (Å²) in [5, 5.41) is 14.0. The van der Waals surface area contributed by atoms with Crippen LogP contribution >= 0.6 is 0 Å². The molecule has 0 aliphatic carbocycles. The molecule has 0 radical (unpaired) electrons. The first-order valence-corrected chi connectivity index (χ1v) is 9.91. The largest absolute Gasteiger partial charge is 0.493 e. The molecule has 1 unspecified atom stereocenters. The number of ether oxygens (including phenoxy) is 2. The molecule has 1 heterocycles. The van der Waals surface area contributed by atoms with Crippen molar-refractivity contribution < 1.29 is 18.7 Å². The second-order valence-corrected chi connectivity index (χ2v) is 6.82. The van der Waals surface area contributed by atoms with Crippen molar-refractivity contribution in [3.05, 3.63) is 90.3 Å². The molecular weight excluding hydrogens is 408 g/mol. The number of rotatable bonds is 7. The maximum absolute atomic E-state index is 12.8. The van der Waals surface area contributed by atoms with Gasteiger partial charge in [-0.1, -0.05) is 48.5 Å². The minimum atomic E-state index is -0.638. The lowest BCUT2D eigenvalue weighted by Crippen LogP contribution is -2.33. The lowest BCUT2D eigenvalue weighted by atomic mass is 10.1. The molecule has 0 saturated heterocycles. The molecule has 0 saturated carbocycles. The van der Waals surface area contributed by atoms with Crippen molar-refractivity contribution in [3.63, 3.8) is 0 Å². The average Bonchev–Trinajstić information content (AvgIpc) is 3.33. The number of anilines is 1. The summed E-state index contributed by atoms with van der Waals surface area (Å²) in [4.78, 5) is 12.8. The number of nitrogens with zero attached hydrogens (tertiary/aromatic N) is 2. The van der Waals surface area contributed by atoms with Crippen molar-refractivity contribution in [2.24, 2.45) is 0 Å². The summed E-state index contributed by atoms with van der Waals surface area (Å²) in [6, 6.07) is 22.9. The smallest absolute Gasteiger partial charge is 0.320 e. The van der Waals surface area contributed by atoms with Gasteiger partial charge >= 0.3 is 6.03 Å². The van der Waals surface area contributed by atoms with E-state index in [4.69, 9.17) is 13.9 Å². The highest BCUT2D eigenvalue weighted by atomic mass is 16.5. The summed E-state index contributed by atoms with van der Waals surface area (Å²) in [6.07, 6.45) is 0. The maximum atomic E-state index is 12.8. The van der Waals surface area contributed by atoms with Crippen molar-refractivity contribution in [1.29, 1.82) is 0 Å². The van der Waals surface area contributed by atoms with Gasteiger partial charge in [0.05, 0.1) is 14.2 Å². The van der Waals surface area contributed by atoms with Crippen LogP contribution in [-0.4, -0.2) is 30.4 Å². The summed E-state index contributed by atoms with van der Waals surface area (Å²) in [5.74, 6) is 1.73. The van der Waals surface area contributed by atoms with Crippen LogP contribution in [0.25, 0.3) is 11.5 Å². The summed E-state index contributed by atoms with van der Waals surface area (Å²) >= 11 is 0. The Labute approximate surface area is 185 Å². The lowest BCUT2D eigenvalue weighted by Gasteiger charge is -2.17. The fraction of sp³-hybridized carbons (Fsp3) is 0.125. The first-order valence-electron chi connectivity index (χ1n) is 9.91. The van der Waals surface area contributed by atoms with E-state index in [-0.39, 0.29) is 5.89 Å². The van der Waals surface area contributed by atoms with E-state index in [1.165, 1.54) is 7.11 Å². The van der Waals surface area contributed by atoms with Gasteiger partial charge in [-0.2, -0.15) is 0 Å². The van der Waals surface area contributed by atoms with Gasteiger partial charge < -0.3 is 24.5 Å². The van der Waals surface area contributed by atoms with E-state index in [0.717, 1.165) is 11.1 Å². The van der Waals surface area contributed by atoms with Gasteiger partial charge in [-0.3, -0.25) is 0 Å². The third kappa shape index (κ3) is 4.70. The van der Waals surface area contributed by atoms with Gasteiger partial charge in [0, 0.05) is 17.3 Å². The molecule has 162 valence electrons. The zero-order chi connectivity index (χ0) is 22.3. The van der Waals surface area contributed by atoms with Gasteiger partial charge in [-0.15, -0.1) is 10.2 Å². The van der Waals surface area contributed by atoms with Gasteiger partial charge in [-0.25, -0.2) is 4.79 Å². The lowest BCUT2D eigenvalue weighted by molar-refractivity contribution is 0.248. The topological polar surface area (TPSA) is 98.5 Å². The highest BCUT2D eigenvalue weighted by Gasteiger charge is 2.23. The fourth-order valence-electron chi connectivity index (χ4n) is 3.19. The second-order valence-electron chi connectivity index (χ2n) is 6.82. The Kier molecular flexibility index (Phi) is 6.31. The zero-order valence-electron chi connectivity index (χ0n) is 17.6.